The number of carboxylic acids is 1. The number of amides is 1. The van der Waals surface area contributed by atoms with E-state index in [1.807, 2.05) is 0 Å². The van der Waals surface area contributed by atoms with E-state index in [-0.39, 0.29) is 37.4 Å². The molecular weight excluding hydrogens is 304 g/mol. The number of hydrogen-bond donors (Lipinski definition) is 1. The Morgan fingerprint density at radius 2 is 2.17 bits per heavy atom. The lowest BCUT2D eigenvalue weighted by Crippen LogP contribution is -2.40. The molecule has 1 fully saturated rings. The third-order valence-electron chi connectivity index (χ3n) is 4.09. The van der Waals surface area contributed by atoms with Crippen LogP contribution < -0.4 is 0 Å². The van der Waals surface area contributed by atoms with E-state index in [1.54, 1.807) is 13.0 Å². The van der Waals surface area contributed by atoms with E-state index in [0.717, 1.165) is 5.56 Å². The lowest BCUT2D eigenvalue weighted by atomic mass is 9.88. The predicted octanol–water partition coefficient (Wildman–Crippen LogP) is 1.47. The van der Waals surface area contributed by atoms with Crippen LogP contribution >= 0.6 is 0 Å². The van der Waals surface area contributed by atoms with E-state index < -0.39 is 22.2 Å². The minimum atomic E-state index is -1.16. The number of aryl methyl sites for hydroxylation is 1. The smallest absolute Gasteiger partial charge is 0.313 e. The number of methoxy groups -OCH3 is 1. The first-order chi connectivity index (χ1) is 10.8. The Kier molecular flexibility index (Phi) is 4.65. The van der Waals surface area contributed by atoms with Crippen molar-refractivity contribution in [3.8, 4) is 0 Å². The van der Waals surface area contributed by atoms with Gasteiger partial charge in [0.25, 0.3) is 11.6 Å². The number of ether oxygens (including phenoxy) is 1. The van der Waals surface area contributed by atoms with Crippen LogP contribution in [0.15, 0.2) is 18.2 Å². The highest BCUT2D eigenvalue weighted by Gasteiger charge is 2.47. The van der Waals surface area contributed by atoms with Crippen LogP contribution in [0.5, 0.6) is 0 Å². The highest BCUT2D eigenvalue weighted by molar-refractivity contribution is 5.99. The number of nitro groups is 1. The summed E-state index contributed by atoms with van der Waals surface area (Å²) in [5.74, 6) is -1.56. The summed E-state index contributed by atoms with van der Waals surface area (Å²) in [6, 6.07) is 4.31. The van der Waals surface area contributed by atoms with Crippen molar-refractivity contribution < 1.29 is 24.4 Å². The van der Waals surface area contributed by atoms with E-state index in [0.29, 0.717) is 0 Å². The highest BCUT2D eigenvalue weighted by atomic mass is 16.6. The Morgan fingerprint density at radius 1 is 1.48 bits per heavy atom. The second-order valence-corrected chi connectivity index (χ2v) is 5.77. The van der Waals surface area contributed by atoms with Crippen LogP contribution in [0.3, 0.4) is 0 Å². The van der Waals surface area contributed by atoms with Gasteiger partial charge < -0.3 is 14.7 Å². The number of benzene rings is 1. The summed E-state index contributed by atoms with van der Waals surface area (Å²) in [7, 11) is 1.40. The zero-order valence-corrected chi connectivity index (χ0v) is 12.9. The summed E-state index contributed by atoms with van der Waals surface area (Å²) >= 11 is 0. The topological polar surface area (TPSA) is 110 Å². The van der Waals surface area contributed by atoms with Crippen molar-refractivity contribution in [2.24, 2.45) is 5.41 Å². The maximum absolute atomic E-state index is 12.6. The molecule has 8 heteroatoms. The zero-order chi connectivity index (χ0) is 17.2. The molecule has 0 bridgehead atoms. The first-order valence-electron chi connectivity index (χ1n) is 7.07. The molecule has 1 atom stereocenters. The van der Waals surface area contributed by atoms with Gasteiger partial charge in [0.05, 0.1) is 11.5 Å². The molecule has 1 amide bonds. The molecule has 1 heterocycles. The maximum atomic E-state index is 12.6. The Labute approximate surface area is 132 Å². The van der Waals surface area contributed by atoms with Crippen LogP contribution in [0.2, 0.25) is 0 Å². The van der Waals surface area contributed by atoms with E-state index in [4.69, 9.17) is 4.74 Å². The van der Waals surface area contributed by atoms with Crippen molar-refractivity contribution in [1.29, 1.82) is 0 Å². The van der Waals surface area contributed by atoms with Crippen LogP contribution in [-0.2, 0) is 9.53 Å². The molecule has 124 valence electrons. The van der Waals surface area contributed by atoms with Crippen LogP contribution in [0.4, 0.5) is 5.69 Å². The largest absolute Gasteiger partial charge is 0.481 e. The van der Waals surface area contributed by atoms with Crippen LogP contribution in [0, 0.1) is 22.5 Å². The fourth-order valence-corrected chi connectivity index (χ4v) is 2.83. The quantitative estimate of drug-likeness (QED) is 0.649. The minimum Gasteiger partial charge on any atom is -0.481 e. The molecule has 23 heavy (non-hydrogen) atoms. The number of aliphatic carboxylic acids is 1. The molecule has 1 aliphatic heterocycles. The van der Waals surface area contributed by atoms with Gasteiger partial charge in [0.1, 0.15) is 11.0 Å². The van der Waals surface area contributed by atoms with Crippen LogP contribution in [0.1, 0.15) is 22.3 Å². The van der Waals surface area contributed by atoms with Gasteiger partial charge in [-0.05, 0) is 25.0 Å². The number of carbonyl (C=O) groups is 2. The minimum absolute atomic E-state index is 0.0119. The number of rotatable bonds is 5. The number of carboxylic acid groups (broad SMARTS) is 1. The lowest BCUT2D eigenvalue weighted by molar-refractivity contribution is -0.385. The van der Waals surface area contributed by atoms with Crippen molar-refractivity contribution in [1.82, 2.24) is 4.90 Å². The van der Waals surface area contributed by atoms with Crippen molar-refractivity contribution in [3.05, 3.63) is 39.4 Å². The monoisotopic (exact) mass is 322 g/mol. The molecule has 0 aliphatic carbocycles. The summed E-state index contributed by atoms with van der Waals surface area (Å²) in [6.45, 7) is 1.92. The summed E-state index contributed by atoms with van der Waals surface area (Å²) in [5, 5.41) is 20.5. The van der Waals surface area contributed by atoms with Crippen molar-refractivity contribution in [2.45, 2.75) is 13.3 Å². The Bertz CT molecular complexity index is 659. The molecule has 0 spiro atoms. The molecule has 8 nitrogen and oxygen atoms in total. The van der Waals surface area contributed by atoms with Crippen molar-refractivity contribution in [2.75, 3.05) is 26.8 Å². The molecule has 1 saturated heterocycles. The van der Waals surface area contributed by atoms with Gasteiger partial charge in [0.15, 0.2) is 0 Å². The van der Waals surface area contributed by atoms with E-state index in [9.17, 15) is 24.8 Å². The first kappa shape index (κ1) is 16.9. The highest BCUT2D eigenvalue weighted by Crippen LogP contribution is 2.33. The number of nitrogens with zero attached hydrogens (tertiary/aromatic N) is 2. The van der Waals surface area contributed by atoms with Crippen molar-refractivity contribution >= 4 is 17.6 Å². The van der Waals surface area contributed by atoms with E-state index in [1.165, 1.54) is 24.1 Å². The lowest BCUT2D eigenvalue weighted by Gasteiger charge is -2.23. The second-order valence-electron chi connectivity index (χ2n) is 5.77. The fraction of sp³-hybridized carbons (Fsp3) is 0.467. The van der Waals surface area contributed by atoms with Gasteiger partial charge in [-0.2, -0.15) is 0 Å². The average Bonchev–Trinajstić information content (AvgIpc) is 2.92. The summed E-state index contributed by atoms with van der Waals surface area (Å²) in [4.78, 5) is 36.0. The molecular formula is C15H18N2O6. The van der Waals surface area contributed by atoms with Gasteiger partial charge in [0.2, 0.25) is 0 Å². The van der Waals surface area contributed by atoms with E-state index in [2.05, 4.69) is 0 Å². The standard InChI is InChI=1S/C15H18N2O6/c1-10-3-4-12(17(21)22)11(7-10)13(18)16-6-5-15(8-16,9-23-2)14(19)20/h3-4,7H,5-6,8-9H2,1-2H3,(H,19,20). The molecule has 1 N–H and O–H groups in total. The Morgan fingerprint density at radius 3 is 2.74 bits per heavy atom. The molecule has 1 aromatic carbocycles. The average molecular weight is 322 g/mol. The van der Waals surface area contributed by atoms with Gasteiger partial charge >= 0.3 is 5.97 Å². The van der Waals surface area contributed by atoms with Gasteiger partial charge in [0, 0.05) is 26.3 Å². The molecule has 0 saturated carbocycles. The van der Waals surface area contributed by atoms with Gasteiger partial charge in [-0.25, -0.2) is 0 Å². The van der Waals surface area contributed by atoms with Crippen molar-refractivity contribution in [3.63, 3.8) is 0 Å². The molecule has 1 aromatic rings. The molecule has 0 radical (unpaired) electrons. The first-order valence-corrected chi connectivity index (χ1v) is 7.07. The van der Waals surface area contributed by atoms with Gasteiger partial charge in [-0.15, -0.1) is 0 Å². The summed E-state index contributed by atoms with van der Waals surface area (Å²) in [6.07, 6.45) is 0.252. The third kappa shape index (κ3) is 3.16. The normalized spacial score (nSPS) is 20.5. The van der Waals surface area contributed by atoms with Gasteiger partial charge in [-0.3, -0.25) is 19.7 Å². The number of nitro benzene ring substituents is 1. The maximum Gasteiger partial charge on any atom is 0.313 e. The SMILES string of the molecule is COCC1(C(=O)O)CCN(C(=O)c2cc(C)ccc2[N+](=O)[O-])C1. The van der Waals surface area contributed by atoms with Gasteiger partial charge in [-0.1, -0.05) is 6.07 Å². The Hall–Kier alpha value is -2.48. The predicted molar refractivity (Wildman–Crippen MR) is 80.3 cm³/mol. The number of carbonyl (C=O) groups excluding carboxylic acids is 1. The van der Waals surface area contributed by atoms with Crippen LogP contribution in [-0.4, -0.2) is 53.6 Å². The Balaban J connectivity index is 2.31. The molecule has 2 rings (SSSR count). The molecule has 0 aromatic heterocycles. The second kappa shape index (κ2) is 6.33. The summed E-state index contributed by atoms with van der Waals surface area (Å²) in [5.41, 5.74) is -0.739. The summed E-state index contributed by atoms with van der Waals surface area (Å²) < 4.78 is 4.98. The fourth-order valence-electron chi connectivity index (χ4n) is 2.83. The number of hydrogen-bond acceptors (Lipinski definition) is 5. The van der Waals surface area contributed by atoms with Crippen LogP contribution in [0.25, 0.3) is 0 Å². The number of likely N-dealkylation sites (tertiary alicyclic amines) is 1. The molecule has 1 aliphatic rings. The third-order valence-corrected chi connectivity index (χ3v) is 4.09. The van der Waals surface area contributed by atoms with E-state index >= 15 is 0 Å². The zero-order valence-electron chi connectivity index (χ0n) is 12.9. The molecule has 1 unspecified atom stereocenters.